The molecule has 1 heterocycles. The Morgan fingerprint density at radius 2 is 2.14 bits per heavy atom. The van der Waals surface area contributed by atoms with Crippen LogP contribution in [-0.2, 0) is 6.42 Å². The van der Waals surface area contributed by atoms with Gasteiger partial charge < -0.3 is 10.2 Å². The summed E-state index contributed by atoms with van der Waals surface area (Å²) in [6.07, 6.45) is 2.41. The van der Waals surface area contributed by atoms with Crippen LogP contribution in [-0.4, -0.2) is 20.6 Å². The summed E-state index contributed by atoms with van der Waals surface area (Å²) in [5, 5.41) is 3.44. The van der Waals surface area contributed by atoms with Gasteiger partial charge in [0, 0.05) is 36.5 Å². The number of halogens is 1. The van der Waals surface area contributed by atoms with Crippen LogP contribution in [0.15, 0.2) is 16.6 Å². The highest BCUT2D eigenvalue weighted by atomic mass is 79.9. The molecule has 0 aromatic heterocycles. The maximum Gasteiger partial charge on any atom is 0.0404 e. The highest BCUT2D eigenvalue weighted by Gasteiger charge is 2.13. The van der Waals surface area contributed by atoms with Gasteiger partial charge in [0.25, 0.3) is 0 Å². The van der Waals surface area contributed by atoms with Crippen molar-refractivity contribution in [1.82, 2.24) is 0 Å². The summed E-state index contributed by atoms with van der Waals surface area (Å²) >= 11 is 3.63. The van der Waals surface area contributed by atoms with Crippen molar-refractivity contribution in [1.29, 1.82) is 0 Å². The van der Waals surface area contributed by atoms with E-state index in [4.69, 9.17) is 0 Å². The fourth-order valence-electron chi connectivity index (χ4n) is 1.78. The van der Waals surface area contributed by atoms with E-state index in [9.17, 15) is 0 Å². The molecule has 2 nitrogen and oxygen atoms in total. The van der Waals surface area contributed by atoms with Gasteiger partial charge in [-0.1, -0.05) is 15.9 Å². The Kier molecular flexibility index (Phi) is 2.68. The monoisotopic (exact) mass is 254 g/mol. The van der Waals surface area contributed by atoms with E-state index >= 15 is 0 Å². The van der Waals surface area contributed by atoms with Gasteiger partial charge in [0.1, 0.15) is 0 Å². The fraction of sp³-hybridized carbons (Fsp3) is 0.455. The van der Waals surface area contributed by atoms with Crippen molar-refractivity contribution in [2.75, 3.05) is 30.9 Å². The van der Waals surface area contributed by atoms with Crippen molar-refractivity contribution < 1.29 is 0 Å². The van der Waals surface area contributed by atoms with Crippen LogP contribution in [0.25, 0.3) is 0 Å². The zero-order chi connectivity index (χ0) is 10.1. The van der Waals surface area contributed by atoms with Crippen LogP contribution in [0.2, 0.25) is 0 Å². The number of hydrogen-bond acceptors (Lipinski definition) is 2. The normalized spacial score (nSPS) is 14.5. The highest BCUT2D eigenvalue weighted by Crippen LogP contribution is 2.33. The zero-order valence-corrected chi connectivity index (χ0v) is 10.2. The van der Waals surface area contributed by atoms with Crippen molar-refractivity contribution >= 4 is 27.3 Å². The van der Waals surface area contributed by atoms with Crippen LogP contribution >= 0.6 is 15.9 Å². The van der Waals surface area contributed by atoms with E-state index < -0.39 is 0 Å². The van der Waals surface area contributed by atoms with Crippen LogP contribution in [0.1, 0.15) is 12.0 Å². The molecule has 2 rings (SSSR count). The molecule has 0 saturated heterocycles. The summed E-state index contributed by atoms with van der Waals surface area (Å²) in [5.41, 5.74) is 3.95. The topological polar surface area (TPSA) is 15.3 Å². The minimum absolute atomic E-state index is 1.09. The number of nitrogens with one attached hydrogen (secondary N) is 1. The number of hydrogen-bond donors (Lipinski definition) is 1. The lowest BCUT2D eigenvalue weighted by Crippen LogP contribution is -2.15. The van der Waals surface area contributed by atoms with E-state index in [0.717, 1.165) is 6.54 Å². The van der Waals surface area contributed by atoms with Gasteiger partial charge in [0.05, 0.1) is 0 Å². The van der Waals surface area contributed by atoms with E-state index in [0.29, 0.717) is 0 Å². The highest BCUT2D eigenvalue weighted by molar-refractivity contribution is 9.10. The minimum Gasteiger partial charge on any atom is -0.385 e. The van der Waals surface area contributed by atoms with Crippen molar-refractivity contribution in [2.24, 2.45) is 0 Å². The van der Waals surface area contributed by atoms with Crippen LogP contribution in [0.4, 0.5) is 11.4 Å². The first-order chi connectivity index (χ1) is 6.68. The quantitative estimate of drug-likeness (QED) is 0.830. The second kappa shape index (κ2) is 3.81. The molecular weight excluding hydrogens is 240 g/mol. The molecule has 3 heteroatoms. The molecule has 0 bridgehead atoms. The SMILES string of the molecule is CN(C)c1cc(Br)c2c(c1)NCCC2. The summed E-state index contributed by atoms with van der Waals surface area (Å²) in [7, 11) is 4.13. The molecule has 0 radical (unpaired) electrons. The molecule has 1 aromatic rings. The average Bonchev–Trinajstić information content (AvgIpc) is 2.17. The van der Waals surface area contributed by atoms with Crippen molar-refractivity contribution in [2.45, 2.75) is 12.8 Å². The van der Waals surface area contributed by atoms with Crippen molar-refractivity contribution in [3.63, 3.8) is 0 Å². The first-order valence-corrected chi connectivity index (χ1v) is 5.71. The second-order valence-electron chi connectivity index (χ2n) is 3.88. The zero-order valence-electron chi connectivity index (χ0n) is 8.60. The lowest BCUT2D eigenvalue weighted by atomic mass is 10.0. The molecular formula is C11H15BrN2. The number of fused-ring (bicyclic) bond motifs is 1. The first kappa shape index (κ1) is 9.84. The number of anilines is 2. The molecule has 1 N–H and O–H groups in total. The van der Waals surface area contributed by atoms with Gasteiger partial charge in [-0.2, -0.15) is 0 Å². The Morgan fingerprint density at radius 1 is 1.36 bits per heavy atom. The Hall–Kier alpha value is -0.700. The Morgan fingerprint density at radius 3 is 2.86 bits per heavy atom. The van der Waals surface area contributed by atoms with Gasteiger partial charge in [-0.25, -0.2) is 0 Å². The summed E-state index contributed by atoms with van der Waals surface area (Å²) in [6, 6.07) is 4.41. The van der Waals surface area contributed by atoms with Gasteiger partial charge in [-0.15, -0.1) is 0 Å². The Labute approximate surface area is 93.4 Å². The third-order valence-corrected chi connectivity index (χ3v) is 3.32. The van der Waals surface area contributed by atoms with E-state index in [2.05, 4.69) is 52.4 Å². The number of benzene rings is 1. The van der Waals surface area contributed by atoms with E-state index in [1.807, 2.05) is 0 Å². The third-order valence-electron chi connectivity index (χ3n) is 2.62. The summed E-state index contributed by atoms with van der Waals surface area (Å²) in [4.78, 5) is 2.13. The van der Waals surface area contributed by atoms with E-state index in [1.54, 1.807) is 0 Å². The Bertz CT molecular complexity index is 347. The first-order valence-electron chi connectivity index (χ1n) is 4.92. The molecule has 1 aliphatic rings. The molecule has 14 heavy (non-hydrogen) atoms. The molecule has 0 atom stereocenters. The van der Waals surface area contributed by atoms with Crippen molar-refractivity contribution in [3.05, 3.63) is 22.2 Å². The van der Waals surface area contributed by atoms with Crippen LogP contribution < -0.4 is 10.2 Å². The van der Waals surface area contributed by atoms with Crippen LogP contribution in [0, 0.1) is 0 Å². The summed E-state index contributed by atoms with van der Waals surface area (Å²) < 4.78 is 1.23. The molecule has 0 fully saturated rings. The molecule has 0 unspecified atom stereocenters. The maximum absolute atomic E-state index is 3.63. The number of nitrogens with zero attached hydrogens (tertiary/aromatic N) is 1. The summed E-state index contributed by atoms with van der Waals surface area (Å²) in [5.74, 6) is 0. The molecule has 0 aliphatic carbocycles. The maximum atomic E-state index is 3.63. The average molecular weight is 255 g/mol. The largest absolute Gasteiger partial charge is 0.385 e. The summed E-state index contributed by atoms with van der Waals surface area (Å²) in [6.45, 7) is 1.09. The van der Waals surface area contributed by atoms with Crippen LogP contribution in [0.5, 0.6) is 0 Å². The molecule has 76 valence electrons. The standard InChI is InChI=1S/C11H15BrN2/c1-14(2)8-6-10(12)9-4-3-5-13-11(9)7-8/h6-7,13H,3-5H2,1-2H3. The second-order valence-corrected chi connectivity index (χ2v) is 4.73. The molecule has 0 saturated carbocycles. The van der Waals surface area contributed by atoms with Gasteiger partial charge in [0.2, 0.25) is 0 Å². The number of rotatable bonds is 1. The van der Waals surface area contributed by atoms with Gasteiger partial charge in [0.15, 0.2) is 0 Å². The predicted octanol–water partition coefficient (Wildman–Crippen LogP) is 2.87. The lowest BCUT2D eigenvalue weighted by molar-refractivity contribution is 0.826. The van der Waals surface area contributed by atoms with Crippen molar-refractivity contribution in [3.8, 4) is 0 Å². The molecule has 0 amide bonds. The van der Waals surface area contributed by atoms with Gasteiger partial charge in [-0.05, 0) is 30.5 Å². The lowest BCUT2D eigenvalue weighted by Gasteiger charge is -2.22. The molecule has 1 aromatic carbocycles. The smallest absolute Gasteiger partial charge is 0.0404 e. The fourth-order valence-corrected chi connectivity index (χ4v) is 2.43. The van der Waals surface area contributed by atoms with Gasteiger partial charge >= 0.3 is 0 Å². The Balaban J connectivity index is 2.46. The van der Waals surface area contributed by atoms with E-state index in [1.165, 1.54) is 34.3 Å². The van der Waals surface area contributed by atoms with Gasteiger partial charge in [-0.3, -0.25) is 0 Å². The van der Waals surface area contributed by atoms with E-state index in [-0.39, 0.29) is 0 Å². The molecule has 0 spiro atoms. The molecule has 1 aliphatic heterocycles. The minimum atomic E-state index is 1.09. The predicted molar refractivity (Wildman–Crippen MR) is 65.3 cm³/mol. The third kappa shape index (κ3) is 1.73. The van der Waals surface area contributed by atoms with Crippen LogP contribution in [0.3, 0.4) is 0 Å².